The predicted octanol–water partition coefficient (Wildman–Crippen LogP) is 3.58. The van der Waals surface area contributed by atoms with Gasteiger partial charge in [0, 0.05) is 24.1 Å². The molecule has 6 nitrogen and oxygen atoms in total. The van der Waals surface area contributed by atoms with Crippen molar-refractivity contribution in [2.45, 2.75) is 37.8 Å². The molecule has 0 bridgehead atoms. The van der Waals surface area contributed by atoms with Gasteiger partial charge in [0.1, 0.15) is 0 Å². The van der Waals surface area contributed by atoms with Crippen LogP contribution in [0.1, 0.15) is 46.7 Å². The van der Waals surface area contributed by atoms with E-state index in [0.717, 1.165) is 43.9 Å². The molecule has 1 saturated heterocycles. The van der Waals surface area contributed by atoms with Crippen LogP contribution in [-0.2, 0) is 16.6 Å². The maximum absolute atomic E-state index is 11.9. The Morgan fingerprint density at radius 3 is 2.24 bits per heavy atom. The fourth-order valence-electron chi connectivity index (χ4n) is 4.40. The SMILES string of the molecule is CS(=O)(=O)NC(=O)c1ccc(CN2CCC(CN[C@@H]3C[C@H]3c3ccccc3)CC2)cc1.Cl.Cl. The number of nitrogens with zero attached hydrogens (tertiary/aromatic N) is 1. The van der Waals surface area contributed by atoms with Crippen molar-refractivity contribution < 1.29 is 13.2 Å². The second-order valence-electron chi connectivity index (χ2n) is 8.89. The first-order chi connectivity index (χ1) is 14.9. The summed E-state index contributed by atoms with van der Waals surface area (Å²) in [6, 6.07) is 18.6. The molecule has 2 aromatic rings. The number of carbonyl (C=O) groups excluding carboxylic acids is 1. The van der Waals surface area contributed by atoms with Crippen molar-refractivity contribution in [3.63, 3.8) is 0 Å². The minimum absolute atomic E-state index is 0. The Morgan fingerprint density at radius 1 is 1.00 bits per heavy atom. The molecule has 0 spiro atoms. The van der Waals surface area contributed by atoms with Crippen LogP contribution in [0.15, 0.2) is 54.6 Å². The largest absolute Gasteiger partial charge is 0.313 e. The molecule has 2 aliphatic rings. The molecular formula is C24H33Cl2N3O3S. The van der Waals surface area contributed by atoms with Crippen molar-refractivity contribution in [1.82, 2.24) is 14.9 Å². The number of carbonyl (C=O) groups is 1. The average molecular weight is 515 g/mol. The topological polar surface area (TPSA) is 78.5 Å². The molecule has 0 aromatic heterocycles. The number of likely N-dealkylation sites (tertiary alicyclic amines) is 1. The highest BCUT2D eigenvalue weighted by Crippen LogP contribution is 2.40. The van der Waals surface area contributed by atoms with E-state index in [0.29, 0.717) is 17.5 Å². The van der Waals surface area contributed by atoms with Crippen LogP contribution in [0.2, 0.25) is 0 Å². The van der Waals surface area contributed by atoms with Gasteiger partial charge in [0.25, 0.3) is 5.91 Å². The van der Waals surface area contributed by atoms with Crippen molar-refractivity contribution in [1.29, 1.82) is 0 Å². The van der Waals surface area contributed by atoms with Gasteiger partial charge in [-0.3, -0.25) is 9.69 Å². The number of nitrogens with one attached hydrogen (secondary N) is 2. The van der Waals surface area contributed by atoms with Crippen LogP contribution in [0.3, 0.4) is 0 Å². The summed E-state index contributed by atoms with van der Waals surface area (Å²) in [5, 5.41) is 3.77. The molecule has 1 heterocycles. The molecule has 2 aromatic carbocycles. The van der Waals surface area contributed by atoms with Gasteiger partial charge in [0.05, 0.1) is 6.26 Å². The molecule has 2 fully saturated rings. The van der Waals surface area contributed by atoms with Gasteiger partial charge in [-0.1, -0.05) is 42.5 Å². The first kappa shape index (κ1) is 27.6. The van der Waals surface area contributed by atoms with Crippen molar-refractivity contribution in [2.75, 3.05) is 25.9 Å². The first-order valence-electron chi connectivity index (χ1n) is 11.0. The molecule has 4 rings (SSSR count). The van der Waals surface area contributed by atoms with E-state index in [9.17, 15) is 13.2 Å². The van der Waals surface area contributed by atoms with Crippen LogP contribution >= 0.6 is 24.8 Å². The number of amides is 1. The van der Waals surface area contributed by atoms with Crippen LogP contribution in [0.5, 0.6) is 0 Å². The molecule has 9 heteroatoms. The smallest absolute Gasteiger partial charge is 0.264 e. The number of hydrogen-bond acceptors (Lipinski definition) is 5. The van der Waals surface area contributed by atoms with Gasteiger partial charge >= 0.3 is 0 Å². The van der Waals surface area contributed by atoms with Gasteiger partial charge in [-0.2, -0.15) is 0 Å². The third kappa shape index (κ3) is 8.26. The van der Waals surface area contributed by atoms with Gasteiger partial charge in [-0.15, -0.1) is 24.8 Å². The zero-order valence-electron chi connectivity index (χ0n) is 18.8. The third-order valence-corrected chi connectivity index (χ3v) is 6.85. The first-order valence-corrected chi connectivity index (χ1v) is 12.9. The van der Waals surface area contributed by atoms with E-state index < -0.39 is 15.9 Å². The number of hydrogen-bond donors (Lipinski definition) is 2. The van der Waals surface area contributed by atoms with Gasteiger partial charge in [0.15, 0.2) is 0 Å². The summed E-state index contributed by atoms with van der Waals surface area (Å²) in [6.45, 7) is 4.11. The lowest BCUT2D eigenvalue weighted by Gasteiger charge is -2.32. The molecule has 0 unspecified atom stereocenters. The number of halogens is 2. The normalized spacial score (nSPS) is 20.9. The lowest BCUT2D eigenvalue weighted by molar-refractivity contribution is 0.0981. The van der Waals surface area contributed by atoms with E-state index >= 15 is 0 Å². The number of benzene rings is 2. The van der Waals surface area contributed by atoms with Crippen LogP contribution in [0.4, 0.5) is 0 Å². The zero-order valence-corrected chi connectivity index (χ0v) is 21.2. The van der Waals surface area contributed by atoms with Crippen LogP contribution in [-0.4, -0.2) is 51.2 Å². The van der Waals surface area contributed by atoms with E-state index in [1.165, 1.54) is 24.8 Å². The van der Waals surface area contributed by atoms with E-state index in [1.54, 1.807) is 12.1 Å². The molecule has 2 atom stereocenters. The van der Waals surface area contributed by atoms with Crippen molar-refractivity contribution in [3.8, 4) is 0 Å². The van der Waals surface area contributed by atoms with E-state index in [2.05, 4.69) is 40.5 Å². The number of rotatable bonds is 8. The molecule has 0 radical (unpaired) electrons. The van der Waals surface area contributed by atoms with Crippen LogP contribution in [0.25, 0.3) is 0 Å². The van der Waals surface area contributed by atoms with E-state index in [4.69, 9.17) is 0 Å². The average Bonchev–Trinajstić information content (AvgIpc) is 3.53. The molecule has 1 amide bonds. The molecule has 2 N–H and O–H groups in total. The number of piperidine rings is 1. The van der Waals surface area contributed by atoms with Gasteiger partial charge in [-0.05, 0) is 68.1 Å². The Labute approximate surface area is 209 Å². The van der Waals surface area contributed by atoms with Gasteiger partial charge < -0.3 is 5.32 Å². The standard InChI is InChI=1S/C24H31N3O3S.2ClH/c1-31(29,30)26-24(28)21-9-7-19(8-10-21)17-27-13-11-18(12-14-27)16-25-23-15-22(23)20-5-3-2-4-6-20;;/h2-10,18,22-23,25H,11-17H2,1H3,(H,26,28);2*1H/t22-,23+;;/m0../s1. The molecule has 33 heavy (non-hydrogen) atoms. The Kier molecular flexibility index (Phi) is 10.2. The highest BCUT2D eigenvalue weighted by atomic mass is 35.5. The Hall–Kier alpha value is -1.64. The second kappa shape index (κ2) is 12.2. The fraction of sp³-hybridized carbons (Fsp3) is 0.458. The maximum Gasteiger partial charge on any atom is 0.264 e. The zero-order chi connectivity index (χ0) is 21.8. The highest BCUT2D eigenvalue weighted by Gasteiger charge is 2.38. The van der Waals surface area contributed by atoms with Gasteiger partial charge in [0.2, 0.25) is 10.0 Å². The quantitative estimate of drug-likeness (QED) is 0.563. The van der Waals surface area contributed by atoms with Crippen molar-refractivity contribution >= 4 is 40.7 Å². The lowest BCUT2D eigenvalue weighted by Crippen LogP contribution is -2.37. The monoisotopic (exact) mass is 513 g/mol. The Balaban J connectivity index is 0.00000193. The van der Waals surface area contributed by atoms with E-state index in [-0.39, 0.29) is 24.8 Å². The minimum Gasteiger partial charge on any atom is -0.313 e. The number of sulfonamides is 1. The van der Waals surface area contributed by atoms with Gasteiger partial charge in [-0.25, -0.2) is 13.1 Å². The summed E-state index contributed by atoms with van der Waals surface area (Å²) < 4.78 is 24.4. The van der Waals surface area contributed by atoms with Crippen molar-refractivity contribution in [3.05, 3.63) is 71.3 Å². The predicted molar refractivity (Wildman–Crippen MR) is 137 cm³/mol. The minimum atomic E-state index is -3.55. The van der Waals surface area contributed by atoms with Crippen LogP contribution < -0.4 is 10.0 Å². The van der Waals surface area contributed by atoms with Crippen molar-refractivity contribution in [2.24, 2.45) is 5.92 Å². The Bertz CT molecular complexity index is 995. The summed E-state index contributed by atoms with van der Waals surface area (Å²) in [5.41, 5.74) is 2.94. The summed E-state index contributed by atoms with van der Waals surface area (Å²) in [4.78, 5) is 14.4. The molecule has 1 aliphatic carbocycles. The lowest BCUT2D eigenvalue weighted by atomic mass is 9.96. The summed E-state index contributed by atoms with van der Waals surface area (Å²) in [6.07, 6.45) is 4.63. The second-order valence-corrected chi connectivity index (χ2v) is 10.6. The molecule has 1 saturated carbocycles. The molecule has 1 aliphatic heterocycles. The fourth-order valence-corrected chi connectivity index (χ4v) is 4.86. The molecular weight excluding hydrogens is 481 g/mol. The summed E-state index contributed by atoms with van der Waals surface area (Å²) in [5.74, 6) is 0.826. The summed E-state index contributed by atoms with van der Waals surface area (Å²) >= 11 is 0. The molecule has 182 valence electrons. The summed E-state index contributed by atoms with van der Waals surface area (Å²) in [7, 11) is -3.55. The van der Waals surface area contributed by atoms with Crippen LogP contribution in [0, 0.1) is 5.92 Å². The third-order valence-electron chi connectivity index (χ3n) is 6.29. The van der Waals surface area contributed by atoms with E-state index in [1.807, 2.05) is 16.9 Å². The Morgan fingerprint density at radius 2 is 1.64 bits per heavy atom. The maximum atomic E-state index is 11.9. The highest BCUT2D eigenvalue weighted by molar-refractivity contribution is 7.89.